The number of rotatable bonds is 4. The largest absolute Gasteiger partial charge is 0.573 e. The van der Waals surface area contributed by atoms with E-state index >= 15 is 0 Å². The highest BCUT2D eigenvalue weighted by Crippen LogP contribution is 2.31. The molecule has 2 heterocycles. The van der Waals surface area contributed by atoms with Gasteiger partial charge in [0.1, 0.15) is 23.9 Å². The average molecular weight is 415 g/mol. The summed E-state index contributed by atoms with van der Waals surface area (Å²) < 4.78 is 46.6. The number of ether oxygens (including phenoxy) is 2. The number of hydrogen-bond acceptors (Lipinski definition) is 5. The Hall–Kier alpha value is -3.62. The highest BCUT2D eigenvalue weighted by molar-refractivity contribution is 5.98. The molecule has 1 aromatic heterocycles. The molecule has 2 aromatic carbocycles. The van der Waals surface area contributed by atoms with Crippen LogP contribution in [0.15, 0.2) is 60.9 Å². The topological polar surface area (TPSA) is 64.6 Å². The third-order valence-corrected chi connectivity index (χ3v) is 4.49. The molecule has 0 aliphatic carbocycles. The van der Waals surface area contributed by atoms with Gasteiger partial charge in [-0.15, -0.1) is 13.2 Å². The van der Waals surface area contributed by atoms with Crippen LogP contribution in [0.25, 0.3) is 11.1 Å². The summed E-state index contributed by atoms with van der Waals surface area (Å²) in [5, 5.41) is 0. The van der Waals surface area contributed by atoms with Gasteiger partial charge in [0.05, 0.1) is 18.7 Å². The first kappa shape index (κ1) is 19.7. The number of benzene rings is 2. The van der Waals surface area contributed by atoms with Crippen molar-refractivity contribution in [3.05, 3.63) is 72.3 Å². The molecule has 0 spiro atoms. The van der Waals surface area contributed by atoms with E-state index in [-0.39, 0.29) is 18.2 Å². The smallest absolute Gasteiger partial charge is 0.491 e. The minimum atomic E-state index is -4.74. The van der Waals surface area contributed by atoms with E-state index in [9.17, 15) is 18.0 Å². The van der Waals surface area contributed by atoms with E-state index < -0.39 is 6.36 Å². The van der Waals surface area contributed by atoms with Crippen LogP contribution in [0, 0.1) is 0 Å². The van der Waals surface area contributed by atoms with Gasteiger partial charge in [0.25, 0.3) is 5.91 Å². The summed E-state index contributed by atoms with van der Waals surface area (Å²) in [7, 11) is 0. The lowest BCUT2D eigenvalue weighted by Crippen LogP contribution is -2.32. The normalized spacial score (nSPS) is 14.0. The van der Waals surface area contributed by atoms with E-state index in [2.05, 4.69) is 14.7 Å². The lowest BCUT2D eigenvalue weighted by Gasteiger charge is -2.18. The Labute approximate surface area is 169 Å². The standard InChI is InChI=1S/C21H16F3N3O3/c22-21(23,24)30-16-5-2-14(3-6-16)15-4-7-17-18(12-15)29-11-10-27(20(17)28)13-19-25-8-1-9-26-19/h1-9,12H,10-11,13H2. The molecule has 0 fully saturated rings. The van der Waals surface area contributed by atoms with Gasteiger partial charge in [-0.3, -0.25) is 4.79 Å². The molecule has 0 N–H and O–H groups in total. The molecule has 0 atom stereocenters. The van der Waals surface area contributed by atoms with Gasteiger partial charge in [-0.1, -0.05) is 18.2 Å². The number of carbonyl (C=O) groups is 1. The molecule has 1 aliphatic rings. The maximum Gasteiger partial charge on any atom is 0.573 e. The Morgan fingerprint density at radius 2 is 1.73 bits per heavy atom. The number of aromatic nitrogens is 2. The third kappa shape index (κ3) is 4.51. The molecule has 0 unspecified atom stereocenters. The van der Waals surface area contributed by atoms with Crippen molar-refractivity contribution < 1.29 is 27.4 Å². The first-order valence-corrected chi connectivity index (χ1v) is 9.07. The minimum absolute atomic E-state index is 0.199. The summed E-state index contributed by atoms with van der Waals surface area (Å²) >= 11 is 0. The molecule has 0 radical (unpaired) electrons. The van der Waals surface area contributed by atoms with Crippen LogP contribution in [-0.4, -0.2) is 40.3 Å². The van der Waals surface area contributed by atoms with Crippen molar-refractivity contribution in [3.8, 4) is 22.6 Å². The zero-order chi connectivity index (χ0) is 21.1. The van der Waals surface area contributed by atoms with Crippen molar-refractivity contribution >= 4 is 5.91 Å². The van der Waals surface area contributed by atoms with Gasteiger partial charge in [-0.05, 0) is 41.5 Å². The van der Waals surface area contributed by atoms with Crippen molar-refractivity contribution in [2.75, 3.05) is 13.2 Å². The van der Waals surface area contributed by atoms with Crippen LogP contribution in [0.3, 0.4) is 0 Å². The van der Waals surface area contributed by atoms with Gasteiger partial charge in [-0.2, -0.15) is 0 Å². The van der Waals surface area contributed by atoms with E-state index in [1.165, 1.54) is 24.3 Å². The van der Waals surface area contributed by atoms with Crippen LogP contribution < -0.4 is 9.47 Å². The molecule has 1 aliphatic heterocycles. The predicted molar refractivity (Wildman–Crippen MR) is 101 cm³/mol. The molecule has 4 rings (SSSR count). The van der Waals surface area contributed by atoms with Crippen molar-refractivity contribution in [2.45, 2.75) is 12.9 Å². The van der Waals surface area contributed by atoms with Gasteiger partial charge >= 0.3 is 6.36 Å². The average Bonchev–Trinajstić information content (AvgIpc) is 2.87. The molecule has 1 amide bonds. The van der Waals surface area contributed by atoms with Gasteiger partial charge in [0, 0.05) is 12.4 Å². The van der Waals surface area contributed by atoms with E-state index in [1.807, 2.05) is 0 Å². The molecule has 0 saturated carbocycles. The van der Waals surface area contributed by atoms with E-state index in [1.54, 1.807) is 41.6 Å². The van der Waals surface area contributed by atoms with Gasteiger partial charge < -0.3 is 14.4 Å². The third-order valence-electron chi connectivity index (χ3n) is 4.49. The van der Waals surface area contributed by atoms with Gasteiger partial charge in [-0.25, -0.2) is 9.97 Å². The minimum Gasteiger partial charge on any atom is -0.491 e. The molecular formula is C21H16F3N3O3. The monoisotopic (exact) mass is 415 g/mol. The predicted octanol–water partition coefficient (Wildman–Crippen LogP) is 4.08. The van der Waals surface area contributed by atoms with Crippen LogP contribution in [-0.2, 0) is 6.54 Å². The number of carbonyl (C=O) groups excluding carboxylic acids is 1. The zero-order valence-electron chi connectivity index (χ0n) is 15.6. The maximum absolute atomic E-state index is 12.9. The summed E-state index contributed by atoms with van der Waals surface area (Å²) in [4.78, 5) is 22.8. The Balaban J connectivity index is 1.55. The lowest BCUT2D eigenvalue weighted by atomic mass is 10.0. The molecule has 6 nitrogen and oxygen atoms in total. The SMILES string of the molecule is O=C1c2ccc(-c3ccc(OC(F)(F)F)cc3)cc2OCCN1Cc1ncccn1. The summed E-state index contributed by atoms with van der Waals surface area (Å²) in [6.45, 7) is 0.947. The Kier molecular flexibility index (Phi) is 5.26. The summed E-state index contributed by atoms with van der Waals surface area (Å²) in [6, 6.07) is 12.3. The van der Waals surface area contributed by atoms with E-state index in [0.29, 0.717) is 41.4 Å². The second-order valence-electron chi connectivity index (χ2n) is 6.52. The molecule has 154 valence electrons. The fraction of sp³-hybridized carbons (Fsp3) is 0.190. The van der Waals surface area contributed by atoms with Crippen LogP contribution in [0.2, 0.25) is 0 Å². The fourth-order valence-corrected chi connectivity index (χ4v) is 3.12. The van der Waals surface area contributed by atoms with Gasteiger partial charge in [0.2, 0.25) is 0 Å². The highest BCUT2D eigenvalue weighted by atomic mass is 19.4. The second-order valence-corrected chi connectivity index (χ2v) is 6.52. The van der Waals surface area contributed by atoms with E-state index in [0.717, 1.165) is 0 Å². The highest BCUT2D eigenvalue weighted by Gasteiger charge is 2.31. The molecule has 9 heteroatoms. The van der Waals surface area contributed by atoms with Crippen molar-refractivity contribution in [1.29, 1.82) is 0 Å². The first-order chi connectivity index (χ1) is 14.4. The van der Waals surface area contributed by atoms with E-state index in [4.69, 9.17) is 4.74 Å². The van der Waals surface area contributed by atoms with Crippen LogP contribution in [0.4, 0.5) is 13.2 Å². The van der Waals surface area contributed by atoms with Crippen LogP contribution >= 0.6 is 0 Å². The van der Waals surface area contributed by atoms with Crippen molar-refractivity contribution in [1.82, 2.24) is 14.9 Å². The summed E-state index contributed by atoms with van der Waals surface area (Å²) in [5.74, 6) is 0.457. The Bertz CT molecular complexity index is 1040. The number of nitrogens with zero attached hydrogens (tertiary/aromatic N) is 3. The fourth-order valence-electron chi connectivity index (χ4n) is 3.12. The molecule has 0 bridgehead atoms. The molecule has 30 heavy (non-hydrogen) atoms. The van der Waals surface area contributed by atoms with Crippen LogP contribution in [0.5, 0.6) is 11.5 Å². The number of fused-ring (bicyclic) bond motifs is 1. The Morgan fingerprint density at radius 1 is 1.03 bits per heavy atom. The number of hydrogen-bond donors (Lipinski definition) is 0. The second kappa shape index (κ2) is 8.02. The number of alkyl halides is 3. The summed E-state index contributed by atoms with van der Waals surface area (Å²) in [6.07, 6.45) is -1.50. The zero-order valence-corrected chi connectivity index (χ0v) is 15.6. The molecule has 3 aromatic rings. The van der Waals surface area contributed by atoms with Crippen molar-refractivity contribution in [2.24, 2.45) is 0 Å². The molecule has 0 saturated heterocycles. The Morgan fingerprint density at radius 3 is 2.43 bits per heavy atom. The van der Waals surface area contributed by atoms with Crippen LogP contribution in [0.1, 0.15) is 16.2 Å². The quantitative estimate of drug-likeness (QED) is 0.643. The first-order valence-electron chi connectivity index (χ1n) is 9.07. The van der Waals surface area contributed by atoms with Gasteiger partial charge in [0.15, 0.2) is 0 Å². The maximum atomic E-state index is 12.9. The number of amides is 1. The summed E-state index contributed by atoms with van der Waals surface area (Å²) in [5.41, 5.74) is 1.78. The number of halogens is 3. The lowest BCUT2D eigenvalue weighted by molar-refractivity contribution is -0.274. The molecular weight excluding hydrogens is 399 g/mol. The van der Waals surface area contributed by atoms with Crippen molar-refractivity contribution in [3.63, 3.8) is 0 Å².